The Morgan fingerprint density at radius 3 is 2.54 bits per heavy atom. The largest absolute Gasteiger partial charge is 0.504 e. The van der Waals surface area contributed by atoms with Gasteiger partial charge in [-0.3, -0.25) is 14.5 Å². The number of phenolic OH excluding ortho intramolecular Hbond substituents is 2. The number of aromatic hydroxyl groups is 2. The molecule has 6 N–H and O–H groups in total. The number of phenols is 2. The number of fused-ring (bicyclic) bond motifs is 2. The molecule has 3 aliphatic rings. The molecule has 3 aliphatic heterocycles. The number of carboxylic acid groups (broad SMARTS) is 1. The van der Waals surface area contributed by atoms with Gasteiger partial charge in [-0.1, -0.05) is 5.16 Å². The number of oxime groups is 1. The van der Waals surface area contributed by atoms with E-state index < -0.39 is 34.2 Å². The van der Waals surface area contributed by atoms with Crippen molar-refractivity contribution in [2.45, 2.75) is 23.3 Å². The number of amides is 2. The number of hydrogen-bond donors (Lipinski definition) is 5. The molecule has 0 unspecified atom stereocenters. The highest BCUT2D eigenvalue weighted by atomic mass is 32.2. The van der Waals surface area contributed by atoms with Gasteiger partial charge in [0, 0.05) is 29.0 Å². The Morgan fingerprint density at radius 2 is 1.97 bits per heavy atom. The van der Waals surface area contributed by atoms with Crippen LogP contribution >= 0.6 is 34.9 Å². The average Bonchev–Trinajstić information content (AvgIpc) is 3.46. The SMILES string of the molecule is CO/N=C(\C(=O)N[C@@H]1C(=O)N2C(C(=O)O)=C(CSC3(C)N=c4cc(O)c(O)cc4=N3)CS[C@H]12)c1csc(N)n1. The number of benzene rings is 1. The predicted octanol–water partition coefficient (Wildman–Crippen LogP) is -0.414. The van der Waals surface area contributed by atoms with Crippen LogP contribution in [0.5, 0.6) is 11.5 Å². The standard InChI is InChI=1S/C22H21N7O7S3/c1-22(26-9-3-12(30)13(31)4-10(9)27-22)39-6-8-5-37-19-15(18(33)29(19)16(8)20(34)35)25-17(32)14(28-36-2)11-7-38-21(23)24-11/h3-4,7,15,19,30-31H,5-6H2,1-2H3,(H2,23,24)(H,25,32)(H,34,35)/b28-14-/t15-,19-/m1/s1. The van der Waals surface area contributed by atoms with Crippen LogP contribution in [-0.2, 0) is 19.2 Å². The van der Waals surface area contributed by atoms with Gasteiger partial charge in [0.1, 0.15) is 29.9 Å². The fourth-order valence-corrected chi connectivity index (χ4v) is 7.23. The molecule has 0 spiro atoms. The first-order valence-corrected chi connectivity index (χ1v) is 14.1. The Bertz CT molecular complexity index is 1550. The van der Waals surface area contributed by atoms with Gasteiger partial charge in [0.2, 0.25) is 0 Å². The molecule has 2 atom stereocenters. The topological polar surface area (TPSA) is 212 Å². The van der Waals surface area contributed by atoms with E-state index in [1.165, 1.54) is 53.0 Å². The van der Waals surface area contributed by atoms with E-state index in [9.17, 15) is 29.7 Å². The summed E-state index contributed by atoms with van der Waals surface area (Å²) >= 11 is 3.67. The van der Waals surface area contributed by atoms with Crippen LogP contribution in [-0.4, -0.2) is 83.7 Å². The first-order chi connectivity index (χ1) is 18.5. The van der Waals surface area contributed by atoms with Gasteiger partial charge in [-0.25, -0.2) is 19.8 Å². The minimum atomic E-state index is -1.27. The molecule has 5 rings (SSSR count). The summed E-state index contributed by atoms with van der Waals surface area (Å²) in [4.78, 5) is 56.1. The van der Waals surface area contributed by atoms with Gasteiger partial charge < -0.3 is 31.2 Å². The lowest BCUT2D eigenvalue weighted by atomic mass is 10.0. The molecule has 2 amide bonds. The fourth-order valence-electron chi connectivity index (χ4n) is 4.19. The van der Waals surface area contributed by atoms with Crippen molar-refractivity contribution in [1.29, 1.82) is 0 Å². The van der Waals surface area contributed by atoms with Crippen molar-refractivity contribution >= 4 is 63.5 Å². The third-order valence-corrected chi connectivity index (χ3v) is 9.18. The molecule has 17 heteroatoms. The molecule has 0 saturated carbocycles. The van der Waals surface area contributed by atoms with Crippen LogP contribution < -0.4 is 21.8 Å². The van der Waals surface area contributed by atoms with Crippen molar-refractivity contribution in [3.63, 3.8) is 0 Å². The van der Waals surface area contributed by atoms with Crippen molar-refractivity contribution in [2.75, 3.05) is 24.3 Å². The number of nitrogen functional groups attached to an aromatic ring is 1. The number of carboxylic acids is 1. The molecule has 2 aromatic rings. The van der Waals surface area contributed by atoms with Gasteiger partial charge in [0.25, 0.3) is 11.8 Å². The minimum absolute atomic E-state index is 0.144. The van der Waals surface area contributed by atoms with Crippen LogP contribution in [0.15, 0.2) is 43.9 Å². The number of aliphatic carboxylic acids is 1. The second-order valence-corrected chi connectivity index (χ2v) is 11.9. The molecule has 4 heterocycles. The lowest BCUT2D eigenvalue weighted by molar-refractivity contribution is -0.150. The molecule has 1 aromatic heterocycles. The first kappa shape index (κ1) is 26.8. The second-order valence-electron chi connectivity index (χ2n) is 8.59. The summed E-state index contributed by atoms with van der Waals surface area (Å²) in [6.07, 6.45) is 0. The first-order valence-electron chi connectivity index (χ1n) is 11.2. The van der Waals surface area contributed by atoms with E-state index in [0.717, 1.165) is 11.3 Å². The van der Waals surface area contributed by atoms with Crippen LogP contribution in [0.4, 0.5) is 5.13 Å². The zero-order valence-electron chi connectivity index (χ0n) is 20.3. The van der Waals surface area contributed by atoms with Gasteiger partial charge in [-0.15, -0.1) is 34.9 Å². The van der Waals surface area contributed by atoms with E-state index in [1.54, 1.807) is 6.92 Å². The van der Waals surface area contributed by atoms with Crippen LogP contribution in [0, 0.1) is 0 Å². The van der Waals surface area contributed by atoms with E-state index in [-0.39, 0.29) is 39.5 Å². The minimum Gasteiger partial charge on any atom is -0.504 e. The van der Waals surface area contributed by atoms with E-state index in [0.29, 0.717) is 22.0 Å². The zero-order chi connectivity index (χ0) is 28.1. The lowest BCUT2D eigenvalue weighted by Crippen LogP contribution is -2.71. The zero-order valence-corrected chi connectivity index (χ0v) is 22.8. The van der Waals surface area contributed by atoms with Gasteiger partial charge in [0.05, 0.1) is 10.7 Å². The van der Waals surface area contributed by atoms with Gasteiger partial charge in [0.15, 0.2) is 27.3 Å². The number of carbonyl (C=O) groups is 3. The number of aromatic nitrogens is 1. The van der Waals surface area contributed by atoms with Gasteiger partial charge in [-0.2, -0.15) is 0 Å². The van der Waals surface area contributed by atoms with Crippen molar-refractivity contribution in [2.24, 2.45) is 15.1 Å². The van der Waals surface area contributed by atoms with E-state index in [1.807, 2.05) is 0 Å². The summed E-state index contributed by atoms with van der Waals surface area (Å²) in [7, 11) is 1.26. The number of nitrogens with one attached hydrogen (secondary N) is 1. The van der Waals surface area contributed by atoms with Crippen LogP contribution in [0.25, 0.3) is 0 Å². The number of thioether (sulfide) groups is 2. The monoisotopic (exact) mass is 591 g/mol. The molecule has 204 valence electrons. The maximum atomic E-state index is 13.1. The number of nitrogens with two attached hydrogens (primary N) is 1. The molecule has 1 saturated heterocycles. The van der Waals surface area contributed by atoms with Crippen LogP contribution in [0.2, 0.25) is 0 Å². The van der Waals surface area contributed by atoms with E-state index in [2.05, 4.69) is 25.4 Å². The molecule has 0 bridgehead atoms. The maximum absolute atomic E-state index is 13.1. The quantitative estimate of drug-likeness (QED) is 0.115. The van der Waals surface area contributed by atoms with Crippen molar-refractivity contribution in [3.8, 4) is 11.5 Å². The number of hydrogen-bond acceptors (Lipinski definition) is 14. The predicted molar refractivity (Wildman–Crippen MR) is 143 cm³/mol. The smallest absolute Gasteiger partial charge is 0.352 e. The summed E-state index contributed by atoms with van der Waals surface area (Å²) in [6, 6.07) is 1.64. The number of β-lactam (4-membered cyclic amide) rings is 1. The number of rotatable bonds is 8. The molecule has 0 radical (unpaired) electrons. The fraction of sp³-hybridized carbons (Fsp3) is 0.318. The Kier molecular flexibility index (Phi) is 6.90. The molecule has 0 aliphatic carbocycles. The highest BCUT2D eigenvalue weighted by Gasteiger charge is 2.54. The second kappa shape index (κ2) is 10.0. The van der Waals surface area contributed by atoms with Gasteiger partial charge in [-0.05, 0) is 12.5 Å². The molecule has 14 nitrogen and oxygen atoms in total. The van der Waals surface area contributed by atoms with Gasteiger partial charge >= 0.3 is 5.97 Å². The highest BCUT2D eigenvalue weighted by molar-refractivity contribution is 8.01. The third-order valence-electron chi connectivity index (χ3n) is 5.95. The molecule has 39 heavy (non-hydrogen) atoms. The number of carbonyl (C=O) groups excluding carboxylic acids is 2. The summed E-state index contributed by atoms with van der Waals surface area (Å²) in [5, 5.41) is 37.7. The summed E-state index contributed by atoms with van der Waals surface area (Å²) in [5.74, 6) is -2.69. The Hall–Kier alpha value is -3.83. The molecule has 1 fully saturated rings. The molecular weight excluding hydrogens is 570 g/mol. The van der Waals surface area contributed by atoms with Crippen molar-refractivity contribution in [3.05, 3.63) is 45.2 Å². The van der Waals surface area contributed by atoms with Crippen LogP contribution in [0.3, 0.4) is 0 Å². The Balaban J connectivity index is 1.32. The number of anilines is 1. The molecular formula is C22H21N7O7S3. The number of thiazole rings is 1. The van der Waals surface area contributed by atoms with Crippen LogP contribution in [0.1, 0.15) is 12.6 Å². The Morgan fingerprint density at radius 1 is 1.31 bits per heavy atom. The average molecular weight is 592 g/mol. The molecule has 1 aromatic carbocycles. The van der Waals surface area contributed by atoms with Crippen molar-refractivity contribution in [1.82, 2.24) is 15.2 Å². The van der Waals surface area contributed by atoms with E-state index >= 15 is 0 Å². The number of nitrogens with zero attached hydrogens (tertiary/aromatic N) is 5. The highest BCUT2D eigenvalue weighted by Crippen LogP contribution is 2.42. The Labute approximate surface area is 232 Å². The maximum Gasteiger partial charge on any atom is 0.352 e. The van der Waals surface area contributed by atoms with Crippen molar-refractivity contribution < 1.29 is 34.5 Å². The summed E-state index contributed by atoms with van der Waals surface area (Å²) in [6.45, 7) is 1.72. The normalized spacial score (nSPS) is 21.3. The van der Waals surface area contributed by atoms with E-state index in [4.69, 9.17) is 10.6 Å². The lowest BCUT2D eigenvalue weighted by Gasteiger charge is -2.49. The third kappa shape index (κ3) is 4.87. The summed E-state index contributed by atoms with van der Waals surface area (Å²) < 4.78 is 0. The summed E-state index contributed by atoms with van der Waals surface area (Å²) in [5.41, 5.74) is 6.02.